The maximum Gasteiger partial charge on any atom is 0.327 e. The summed E-state index contributed by atoms with van der Waals surface area (Å²) in [5.41, 5.74) is 0.583. The number of carbonyl (C=O) groups excluding carboxylic acids is 2. The van der Waals surface area contributed by atoms with Crippen molar-refractivity contribution in [1.82, 2.24) is 9.78 Å². The van der Waals surface area contributed by atoms with Crippen molar-refractivity contribution < 1.29 is 14.3 Å². The Morgan fingerprint density at radius 1 is 1.48 bits per heavy atom. The van der Waals surface area contributed by atoms with E-state index in [2.05, 4.69) is 21.2 Å². The summed E-state index contributed by atoms with van der Waals surface area (Å²) in [5, 5.41) is 8.78. The minimum absolute atomic E-state index is 0.0325. The molecule has 0 bridgehead atoms. The Kier molecular flexibility index (Phi) is 5.51. The number of methoxy groups -OCH3 is 1. The lowest BCUT2D eigenvalue weighted by Crippen LogP contribution is -2.12. The fourth-order valence-corrected chi connectivity index (χ4v) is 2.56. The van der Waals surface area contributed by atoms with Gasteiger partial charge in [0.1, 0.15) is 6.54 Å². The van der Waals surface area contributed by atoms with Gasteiger partial charge >= 0.3 is 5.97 Å². The Bertz CT molecular complexity index is 592. The highest BCUT2D eigenvalue weighted by molar-refractivity contribution is 7.09. The third-order valence-corrected chi connectivity index (χ3v) is 3.78. The number of thiophene rings is 1. The molecule has 0 saturated heterocycles. The molecule has 0 spiro atoms. The molecule has 7 heteroatoms. The number of esters is 1. The Balaban J connectivity index is 1.73. The van der Waals surface area contributed by atoms with E-state index in [1.165, 1.54) is 22.9 Å². The SMILES string of the molecule is COC(=O)Cn1cc(NC(=O)CCCc2cccs2)cn1. The maximum atomic E-state index is 11.8. The highest BCUT2D eigenvalue weighted by Crippen LogP contribution is 2.12. The maximum absolute atomic E-state index is 11.8. The van der Waals surface area contributed by atoms with Crippen LogP contribution in [0.2, 0.25) is 0 Å². The van der Waals surface area contributed by atoms with Crippen LogP contribution < -0.4 is 5.32 Å². The van der Waals surface area contributed by atoms with Crippen LogP contribution in [0.5, 0.6) is 0 Å². The molecule has 0 aliphatic heterocycles. The van der Waals surface area contributed by atoms with Gasteiger partial charge in [-0.3, -0.25) is 14.3 Å². The molecule has 2 heterocycles. The van der Waals surface area contributed by atoms with E-state index in [-0.39, 0.29) is 18.4 Å². The summed E-state index contributed by atoms with van der Waals surface area (Å²) < 4.78 is 5.97. The zero-order valence-electron chi connectivity index (χ0n) is 11.7. The predicted molar refractivity (Wildman–Crippen MR) is 80.1 cm³/mol. The molecule has 0 aromatic carbocycles. The number of hydrogen-bond acceptors (Lipinski definition) is 5. The average Bonchev–Trinajstić information content (AvgIpc) is 3.11. The highest BCUT2D eigenvalue weighted by atomic mass is 32.1. The number of aryl methyl sites for hydroxylation is 1. The molecule has 0 unspecified atom stereocenters. The van der Waals surface area contributed by atoms with Crippen molar-refractivity contribution >= 4 is 28.9 Å². The third kappa shape index (κ3) is 5.03. The fraction of sp³-hybridized carbons (Fsp3) is 0.357. The average molecular weight is 307 g/mol. The molecule has 0 aliphatic rings. The molecule has 0 saturated carbocycles. The molecular formula is C14H17N3O3S. The summed E-state index contributed by atoms with van der Waals surface area (Å²) in [6, 6.07) is 4.08. The molecule has 1 amide bonds. The standard InChI is InChI=1S/C14H17N3O3S/c1-20-14(19)10-17-9-11(8-15-17)16-13(18)6-2-4-12-5-3-7-21-12/h3,5,7-9H,2,4,6,10H2,1H3,(H,16,18). The first-order chi connectivity index (χ1) is 10.2. The van der Waals surface area contributed by atoms with E-state index in [1.54, 1.807) is 17.5 Å². The second kappa shape index (κ2) is 7.58. The summed E-state index contributed by atoms with van der Waals surface area (Å²) in [6.07, 6.45) is 5.30. The van der Waals surface area contributed by atoms with Crippen molar-refractivity contribution in [3.8, 4) is 0 Å². The van der Waals surface area contributed by atoms with Crippen LogP contribution in [0.25, 0.3) is 0 Å². The molecule has 2 aromatic heterocycles. The van der Waals surface area contributed by atoms with Crippen molar-refractivity contribution in [3.63, 3.8) is 0 Å². The minimum atomic E-state index is -0.382. The number of amides is 1. The third-order valence-electron chi connectivity index (χ3n) is 2.84. The minimum Gasteiger partial charge on any atom is -0.468 e. The van der Waals surface area contributed by atoms with Crippen LogP contribution >= 0.6 is 11.3 Å². The molecule has 0 radical (unpaired) electrons. The smallest absolute Gasteiger partial charge is 0.327 e. The number of rotatable bonds is 7. The zero-order chi connectivity index (χ0) is 15.1. The van der Waals surface area contributed by atoms with Crippen LogP contribution in [0, 0.1) is 0 Å². The molecule has 6 nitrogen and oxygen atoms in total. The van der Waals surface area contributed by atoms with Gasteiger partial charge in [-0.15, -0.1) is 11.3 Å². The van der Waals surface area contributed by atoms with E-state index in [0.717, 1.165) is 12.8 Å². The number of anilines is 1. The first-order valence-corrected chi connectivity index (χ1v) is 7.47. The van der Waals surface area contributed by atoms with Gasteiger partial charge in [0.05, 0.1) is 19.0 Å². The molecule has 0 atom stereocenters. The number of carbonyl (C=O) groups is 2. The quantitative estimate of drug-likeness (QED) is 0.795. The van der Waals surface area contributed by atoms with E-state index in [1.807, 2.05) is 11.4 Å². The van der Waals surface area contributed by atoms with Gasteiger partial charge < -0.3 is 10.1 Å². The number of hydrogen-bond donors (Lipinski definition) is 1. The van der Waals surface area contributed by atoms with Gasteiger partial charge in [-0.05, 0) is 24.3 Å². The summed E-state index contributed by atoms with van der Waals surface area (Å²) in [6.45, 7) is 0.0325. The Morgan fingerprint density at radius 2 is 2.33 bits per heavy atom. The van der Waals surface area contributed by atoms with E-state index in [0.29, 0.717) is 12.1 Å². The molecular weight excluding hydrogens is 290 g/mol. The van der Waals surface area contributed by atoms with Crippen LogP contribution in [0.3, 0.4) is 0 Å². The predicted octanol–water partition coefficient (Wildman–Crippen LogP) is 2.08. The zero-order valence-corrected chi connectivity index (χ0v) is 12.6. The number of ether oxygens (including phenoxy) is 1. The van der Waals surface area contributed by atoms with Gasteiger partial charge in [-0.25, -0.2) is 0 Å². The van der Waals surface area contributed by atoms with E-state index >= 15 is 0 Å². The van der Waals surface area contributed by atoms with Gasteiger partial charge in [0.15, 0.2) is 0 Å². The van der Waals surface area contributed by atoms with Crippen molar-refractivity contribution in [1.29, 1.82) is 0 Å². The van der Waals surface area contributed by atoms with Crippen molar-refractivity contribution in [2.75, 3.05) is 12.4 Å². The van der Waals surface area contributed by atoms with E-state index in [9.17, 15) is 9.59 Å². The number of nitrogens with one attached hydrogen (secondary N) is 1. The molecule has 21 heavy (non-hydrogen) atoms. The van der Waals surface area contributed by atoms with Gasteiger partial charge in [0.2, 0.25) is 5.91 Å². The molecule has 2 aromatic rings. The molecule has 2 rings (SSSR count). The normalized spacial score (nSPS) is 10.3. The monoisotopic (exact) mass is 307 g/mol. The van der Waals surface area contributed by atoms with Crippen molar-refractivity contribution in [2.24, 2.45) is 0 Å². The Labute approximate surface area is 126 Å². The largest absolute Gasteiger partial charge is 0.468 e. The Morgan fingerprint density at radius 3 is 3.05 bits per heavy atom. The topological polar surface area (TPSA) is 73.2 Å². The molecule has 0 aliphatic carbocycles. The van der Waals surface area contributed by atoms with Crippen molar-refractivity contribution in [3.05, 3.63) is 34.8 Å². The highest BCUT2D eigenvalue weighted by Gasteiger charge is 2.07. The van der Waals surface area contributed by atoms with Gasteiger partial charge in [0, 0.05) is 17.5 Å². The first-order valence-electron chi connectivity index (χ1n) is 6.59. The Hall–Kier alpha value is -2.15. The van der Waals surface area contributed by atoms with Crippen LogP contribution in [0.15, 0.2) is 29.9 Å². The lowest BCUT2D eigenvalue weighted by Gasteiger charge is -2.02. The van der Waals surface area contributed by atoms with Crippen LogP contribution in [-0.2, 0) is 27.3 Å². The van der Waals surface area contributed by atoms with Crippen LogP contribution in [0.4, 0.5) is 5.69 Å². The summed E-state index contributed by atoms with van der Waals surface area (Å²) in [5.74, 6) is -0.434. The van der Waals surface area contributed by atoms with Crippen LogP contribution in [0.1, 0.15) is 17.7 Å². The lowest BCUT2D eigenvalue weighted by atomic mass is 10.2. The molecule has 112 valence electrons. The molecule has 1 N–H and O–H groups in total. The van der Waals surface area contributed by atoms with Gasteiger partial charge in [-0.2, -0.15) is 5.10 Å². The number of nitrogens with zero attached hydrogens (tertiary/aromatic N) is 2. The number of aromatic nitrogens is 2. The first kappa shape index (κ1) is 15.2. The second-order valence-corrected chi connectivity index (χ2v) is 5.52. The summed E-state index contributed by atoms with van der Waals surface area (Å²) in [7, 11) is 1.32. The van der Waals surface area contributed by atoms with Gasteiger partial charge in [-0.1, -0.05) is 6.07 Å². The van der Waals surface area contributed by atoms with Crippen molar-refractivity contribution in [2.45, 2.75) is 25.8 Å². The van der Waals surface area contributed by atoms with E-state index < -0.39 is 0 Å². The summed E-state index contributed by atoms with van der Waals surface area (Å²) in [4.78, 5) is 24.2. The van der Waals surface area contributed by atoms with Crippen LogP contribution in [-0.4, -0.2) is 28.8 Å². The second-order valence-electron chi connectivity index (χ2n) is 4.48. The molecule has 0 fully saturated rings. The fourth-order valence-electron chi connectivity index (χ4n) is 1.81. The van der Waals surface area contributed by atoms with E-state index in [4.69, 9.17) is 0 Å². The summed E-state index contributed by atoms with van der Waals surface area (Å²) >= 11 is 1.70. The van der Waals surface area contributed by atoms with Gasteiger partial charge in [0.25, 0.3) is 0 Å². The lowest BCUT2D eigenvalue weighted by molar-refractivity contribution is -0.141.